The molecule has 0 spiro atoms. The number of hydrogen-bond donors (Lipinski definition) is 0. The minimum Gasteiger partial charge on any atom is -0.347 e. The Kier molecular flexibility index (Phi) is 4.92. The maximum Gasteiger partial charge on any atom is 0.433 e. The molecule has 4 rings (SSSR count). The van der Waals surface area contributed by atoms with Crippen LogP contribution in [0.1, 0.15) is 49.5 Å². The van der Waals surface area contributed by atoms with Crippen LogP contribution in [0.3, 0.4) is 0 Å². The molecule has 10 heteroatoms. The van der Waals surface area contributed by atoms with Crippen molar-refractivity contribution >= 4 is 16.7 Å². The molecule has 6 nitrogen and oxygen atoms in total. The predicted octanol–water partition coefficient (Wildman–Crippen LogP) is 3.30. The maximum atomic E-state index is 12.6. The molecule has 1 saturated heterocycles. The highest BCUT2D eigenvalue weighted by Gasteiger charge is 2.33. The number of hydrogen-bond acceptors (Lipinski definition) is 6. The lowest BCUT2D eigenvalue weighted by atomic mass is 9.85. The van der Waals surface area contributed by atoms with E-state index in [-0.39, 0.29) is 5.92 Å². The van der Waals surface area contributed by atoms with Gasteiger partial charge in [0.15, 0.2) is 5.69 Å². The van der Waals surface area contributed by atoms with Crippen LogP contribution in [0, 0.1) is 5.92 Å². The Morgan fingerprint density at radius 3 is 2.52 bits per heavy atom. The lowest BCUT2D eigenvalue weighted by molar-refractivity contribution is -0.141. The van der Waals surface area contributed by atoms with Gasteiger partial charge in [-0.25, -0.2) is 9.97 Å². The first-order valence-electron chi connectivity index (χ1n) is 9.12. The van der Waals surface area contributed by atoms with E-state index in [0.29, 0.717) is 18.5 Å². The SMILES string of the molecule is O=c1cc(C(F)(F)F)ncn1CC1CCN(c2nc(C3CCC3)ns2)CC1. The van der Waals surface area contributed by atoms with E-state index in [0.717, 1.165) is 43.2 Å². The van der Waals surface area contributed by atoms with Crippen molar-refractivity contribution in [2.24, 2.45) is 5.92 Å². The van der Waals surface area contributed by atoms with E-state index in [1.807, 2.05) is 0 Å². The van der Waals surface area contributed by atoms with E-state index in [4.69, 9.17) is 0 Å². The first-order chi connectivity index (χ1) is 12.9. The number of halogens is 3. The molecule has 1 saturated carbocycles. The van der Waals surface area contributed by atoms with Crippen LogP contribution in [0.2, 0.25) is 0 Å². The molecule has 1 aliphatic carbocycles. The molecule has 0 atom stereocenters. The zero-order chi connectivity index (χ0) is 19.0. The summed E-state index contributed by atoms with van der Waals surface area (Å²) in [5, 5.41) is 0.948. The Morgan fingerprint density at radius 2 is 1.93 bits per heavy atom. The number of alkyl halides is 3. The van der Waals surface area contributed by atoms with Crippen molar-refractivity contribution in [3.63, 3.8) is 0 Å². The maximum absolute atomic E-state index is 12.6. The molecule has 0 bridgehead atoms. The zero-order valence-corrected chi connectivity index (χ0v) is 15.5. The summed E-state index contributed by atoms with van der Waals surface area (Å²) in [6.07, 6.45) is 1.72. The van der Waals surface area contributed by atoms with Crippen LogP contribution in [-0.2, 0) is 12.7 Å². The second-order valence-corrected chi connectivity index (χ2v) is 7.99. The average Bonchev–Trinajstić information content (AvgIpc) is 3.04. The van der Waals surface area contributed by atoms with Gasteiger partial charge in [0, 0.05) is 43.2 Å². The molecule has 2 fully saturated rings. The molecule has 146 valence electrons. The average molecular weight is 399 g/mol. The molecule has 0 unspecified atom stereocenters. The Hall–Kier alpha value is -1.97. The first kappa shape index (κ1) is 18.4. The molecule has 0 N–H and O–H groups in total. The van der Waals surface area contributed by atoms with E-state index >= 15 is 0 Å². The van der Waals surface area contributed by atoms with E-state index in [1.54, 1.807) is 0 Å². The number of piperidine rings is 1. The van der Waals surface area contributed by atoms with E-state index < -0.39 is 17.4 Å². The van der Waals surface area contributed by atoms with Gasteiger partial charge in [0.1, 0.15) is 5.82 Å². The van der Waals surface area contributed by atoms with Gasteiger partial charge in [-0.1, -0.05) is 6.42 Å². The van der Waals surface area contributed by atoms with Gasteiger partial charge in [-0.3, -0.25) is 9.36 Å². The smallest absolute Gasteiger partial charge is 0.347 e. The van der Waals surface area contributed by atoms with Crippen molar-refractivity contribution in [1.29, 1.82) is 0 Å². The predicted molar refractivity (Wildman–Crippen MR) is 94.9 cm³/mol. The minimum absolute atomic E-state index is 0.233. The van der Waals surface area contributed by atoms with Crippen LogP contribution in [0.4, 0.5) is 18.3 Å². The summed E-state index contributed by atoms with van der Waals surface area (Å²) in [6, 6.07) is 0.568. The summed E-state index contributed by atoms with van der Waals surface area (Å²) < 4.78 is 43.6. The minimum atomic E-state index is -4.59. The third-order valence-electron chi connectivity index (χ3n) is 5.41. The molecule has 0 radical (unpaired) electrons. The van der Waals surface area contributed by atoms with E-state index in [2.05, 4.69) is 19.2 Å². The van der Waals surface area contributed by atoms with Crippen LogP contribution < -0.4 is 10.5 Å². The van der Waals surface area contributed by atoms with Crippen LogP contribution in [0.25, 0.3) is 0 Å². The highest BCUT2D eigenvalue weighted by atomic mass is 32.1. The molecule has 0 amide bonds. The Balaban J connectivity index is 1.34. The Morgan fingerprint density at radius 1 is 1.19 bits per heavy atom. The Bertz CT molecular complexity index is 853. The van der Waals surface area contributed by atoms with Gasteiger partial charge in [0.05, 0.1) is 6.33 Å². The summed E-state index contributed by atoms with van der Waals surface area (Å²) in [4.78, 5) is 22.2. The van der Waals surface area contributed by atoms with Gasteiger partial charge in [0.2, 0.25) is 5.13 Å². The van der Waals surface area contributed by atoms with E-state index in [9.17, 15) is 18.0 Å². The number of rotatable bonds is 4. The van der Waals surface area contributed by atoms with Crippen molar-refractivity contribution in [2.75, 3.05) is 18.0 Å². The number of nitrogens with zero attached hydrogens (tertiary/aromatic N) is 5. The Labute approximate surface area is 158 Å². The van der Waals surface area contributed by atoms with Crippen LogP contribution in [0.15, 0.2) is 17.2 Å². The standard InChI is InChI=1S/C17H20F3N5OS/c18-17(19,20)13-8-14(26)25(10-21-13)9-11-4-6-24(7-5-11)16-22-15(23-27-16)12-2-1-3-12/h8,10-12H,1-7,9H2. The van der Waals surface area contributed by atoms with Gasteiger partial charge in [-0.05, 0) is 31.6 Å². The summed E-state index contributed by atoms with van der Waals surface area (Å²) >= 11 is 1.44. The van der Waals surface area contributed by atoms with Crippen LogP contribution in [-0.4, -0.2) is 32.0 Å². The highest BCUT2D eigenvalue weighted by Crippen LogP contribution is 2.36. The summed E-state index contributed by atoms with van der Waals surface area (Å²) in [7, 11) is 0. The molecule has 2 aliphatic rings. The summed E-state index contributed by atoms with van der Waals surface area (Å²) in [6.45, 7) is 2.01. The zero-order valence-electron chi connectivity index (χ0n) is 14.7. The molecular weight excluding hydrogens is 379 g/mol. The van der Waals surface area contributed by atoms with E-state index in [1.165, 1.54) is 35.4 Å². The highest BCUT2D eigenvalue weighted by molar-refractivity contribution is 7.09. The third-order valence-corrected chi connectivity index (χ3v) is 6.20. The molecular formula is C17H20F3N5OS. The summed E-state index contributed by atoms with van der Waals surface area (Å²) in [5.41, 5.74) is -1.80. The molecule has 2 aromatic rings. The quantitative estimate of drug-likeness (QED) is 0.789. The molecule has 1 aliphatic heterocycles. The van der Waals surface area contributed by atoms with Gasteiger partial charge >= 0.3 is 6.18 Å². The van der Waals surface area contributed by atoms with Crippen molar-refractivity contribution in [3.8, 4) is 0 Å². The largest absolute Gasteiger partial charge is 0.433 e. The second-order valence-electron chi connectivity index (χ2n) is 7.26. The fraction of sp³-hybridized carbons (Fsp3) is 0.647. The third kappa shape index (κ3) is 3.99. The molecule has 0 aromatic carbocycles. The molecule has 27 heavy (non-hydrogen) atoms. The lowest BCUT2D eigenvalue weighted by Gasteiger charge is -2.31. The normalized spacial score (nSPS) is 19.3. The van der Waals surface area contributed by atoms with Gasteiger partial charge < -0.3 is 4.90 Å². The van der Waals surface area contributed by atoms with Crippen molar-refractivity contribution in [3.05, 3.63) is 34.3 Å². The van der Waals surface area contributed by atoms with Crippen molar-refractivity contribution in [1.82, 2.24) is 18.9 Å². The topological polar surface area (TPSA) is 63.9 Å². The summed E-state index contributed by atoms with van der Waals surface area (Å²) in [5.74, 6) is 1.72. The van der Waals surface area contributed by atoms with Gasteiger partial charge in [-0.15, -0.1) is 0 Å². The molecule has 3 heterocycles. The fourth-order valence-corrected chi connectivity index (χ4v) is 4.29. The first-order valence-corrected chi connectivity index (χ1v) is 9.90. The number of anilines is 1. The lowest BCUT2D eigenvalue weighted by Crippen LogP contribution is -2.36. The fourth-order valence-electron chi connectivity index (χ4n) is 3.49. The number of aromatic nitrogens is 4. The van der Waals surface area contributed by atoms with Crippen molar-refractivity contribution in [2.45, 2.75) is 50.7 Å². The van der Waals surface area contributed by atoms with Crippen LogP contribution >= 0.6 is 11.5 Å². The monoisotopic (exact) mass is 399 g/mol. The van der Waals surface area contributed by atoms with Gasteiger partial charge in [-0.2, -0.15) is 17.5 Å². The van der Waals surface area contributed by atoms with Gasteiger partial charge in [0.25, 0.3) is 5.56 Å². The van der Waals surface area contributed by atoms with Crippen molar-refractivity contribution < 1.29 is 13.2 Å². The van der Waals surface area contributed by atoms with Crippen LogP contribution in [0.5, 0.6) is 0 Å². The molecule has 2 aromatic heterocycles. The second kappa shape index (κ2) is 7.21.